The SMILES string of the molecule is Cc1nc(-c2ccc(CCNc3ccc(-n4ccnc4)nn3)cc2)cs1. The molecular formula is C19H18N6S. The number of hydrogen-bond acceptors (Lipinski definition) is 6. The van der Waals surface area contributed by atoms with E-state index in [0.717, 1.165) is 40.9 Å². The highest BCUT2D eigenvalue weighted by Crippen LogP contribution is 2.21. The average molecular weight is 362 g/mol. The maximum Gasteiger partial charge on any atom is 0.160 e. The van der Waals surface area contributed by atoms with Gasteiger partial charge in [0, 0.05) is 29.9 Å². The summed E-state index contributed by atoms with van der Waals surface area (Å²) in [4.78, 5) is 8.53. The van der Waals surface area contributed by atoms with Gasteiger partial charge in [0.05, 0.1) is 10.7 Å². The summed E-state index contributed by atoms with van der Waals surface area (Å²) in [5.74, 6) is 1.52. The minimum atomic E-state index is 0.751. The van der Waals surface area contributed by atoms with Crippen molar-refractivity contribution in [1.29, 1.82) is 0 Å². The Hall–Kier alpha value is -3.06. The molecule has 1 aromatic carbocycles. The summed E-state index contributed by atoms with van der Waals surface area (Å²) in [7, 11) is 0. The number of aryl methyl sites for hydroxylation is 1. The van der Waals surface area contributed by atoms with E-state index in [-0.39, 0.29) is 0 Å². The van der Waals surface area contributed by atoms with E-state index in [9.17, 15) is 0 Å². The van der Waals surface area contributed by atoms with E-state index in [1.165, 1.54) is 5.56 Å². The molecule has 0 aliphatic carbocycles. The van der Waals surface area contributed by atoms with Crippen LogP contribution in [0.25, 0.3) is 17.1 Å². The number of imidazole rings is 1. The topological polar surface area (TPSA) is 68.5 Å². The lowest BCUT2D eigenvalue weighted by atomic mass is 10.1. The van der Waals surface area contributed by atoms with Crippen molar-refractivity contribution in [2.45, 2.75) is 13.3 Å². The molecule has 1 N–H and O–H groups in total. The smallest absolute Gasteiger partial charge is 0.160 e. The standard InChI is InChI=1S/C19H18N6S/c1-14-22-17(12-26-14)16-4-2-15(3-5-16)8-9-21-18-6-7-19(24-23-18)25-11-10-20-13-25/h2-7,10-13H,8-9H2,1H3,(H,21,23). The Balaban J connectivity index is 1.31. The average Bonchev–Trinajstić information content (AvgIpc) is 3.35. The van der Waals surface area contributed by atoms with E-state index in [4.69, 9.17) is 0 Å². The highest BCUT2D eigenvalue weighted by molar-refractivity contribution is 7.09. The first-order chi connectivity index (χ1) is 12.8. The lowest BCUT2D eigenvalue weighted by molar-refractivity contribution is 0.902. The molecule has 3 heterocycles. The van der Waals surface area contributed by atoms with Gasteiger partial charge in [-0.2, -0.15) is 0 Å². The fraction of sp³-hybridized carbons (Fsp3) is 0.158. The molecule has 0 bridgehead atoms. The number of nitrogens with one attached hydrogen (secondary N) is 1. The third kappa shape index (κ3) is 3.78. The van der Waals surface area contributed by atoms with E-state index in [0.29, 0.717) is 0 Å². The van der Waals surface area contributed by atoms with E-state index in [1.54, 1.807) is 23.9 Å². The van der Waals surface area contributed by atoms with Gasteiger partial charge >= 0.3 is 0 Å². The van der Waals surface area contributed by atoms with Crippen LogP contribution < -0.4 is 5.32 Å². The van der Waals surface area contributed by atoms with Crippen molar-refractivity contribution >= 4 is 17.2 Å². The lowest BCUT2D eigenvalue weighted by Crippen LogP contribution is -2.07. The van der Waals surface area contributed by atoms with Gasteiger partial charge in [0.15, 0.2) is 5.82 Å². The normalized spacial score (nSPS) is 10.8. The fourth-order valence-corrected chi connectivity index (χ4v) is 3.25. The third-order valence-electron chi connectivity index (χ3n) is 4.01. The van der Waals surface area contributed by atoms with Crippen molar-refractivity contribution in [2.24, 2.45) is 0 Å². The molecule has 0 amide bonds. The Morgan fingerprint density at radius 1 is 1.08 bits per heavy atom. The van der Waals surface area contributed by atoms with Gasteiger partial charge in [-0.1, -0.05) is 24.3 Å². The zero-order chi connectivity index (χ0) is 17.8. The number of thiazole rings is 1. The van der Waals surface area contributed by atoms with Crippen LogP contribution in [0, 0.1) is 6.92 Å². The Labute approximate surface area is 155 Å². The molecule has 0 aliphatic heterocycles. The molecule has 3 aromatic heterocycles. The molecule has 26 heavy (non-hydrogen) atoms. The first-order valence-electron chi connectivity index (χ1n) is 8.35. The maximum absolute atomic E-state index is 4.52. The van der Waals surface area contributed by atoms with Crippen LogP contribution in [-0.4, -0.2) is 31.3 Å². The van der Waals surface area contributed by atoms with Crippen molar-refractivity contribution in [3.8, 4) is 17.1 Å². The maximum atomic E-state index is 4.52. The molecule has 7 heteroatoms. The number of rotatable bonds is 6. The zero-order valence-corrected chi connectivity index (χ0v) is 15.1. The number of hydrogen-bond donors (Lipinski definition) is 1. The quantitative estimate of drug-likeness (QED) is 0.566. The first-order valence-corrected chi connectivity index (χ1v) is 9.23. The number of aromatic nitrogens is 5. The summed E-state index contributed by atoms with van der Waals surface area (Å²) in [6.07, 6.45) is 6.18. The highest BCUT2D eigenvalue weighted by Gasteiger charge is 2.03. The van der Waals surface area contributed by atoms with Crippen LogP contribution in [0.3, 0.4) is 0 Å². The van der Waals surface area contributed by atoms with Gasteiger partial charge in [0.2, 0.25) is 0 Å². The summed E-state index contributed by atoms with van der Waals surface area (Å²) < 4.78 is 1.82. The molecule has 0 radical (unpaired) electrons. The summed E-state index contributed by atoms with van der Waals surface area (Å²) in [5, 5.41) is 14.9. The molecule has 0 fully saturated rings. The van der Waals surface area contributed by atoms with Gasteiger partial charge in [-0.15, -0.1) is 21.5 Å². The summed E-state index contributed by atoms with van der Waals surface area (Å²) in [6.45, 7) is 2.83. The Morgan fingerprint density at radius 2 is 1.96 bits per heavy atom. The lowest BCUT2D eigenvalue weighted by Gasteiger charge is -2.07. The van der Waals surface area contributed by atoms with Crippen LogP contribution in [-0.2, 0) is 6.42 Å². The van der Waals surface area contributed by atoms with Crippen molar-refractivity contribution in [2.75, 3.05) is 11.9 Å². The second-order valence-corrected chi connectivity index (χ2v) is 6.93. The molecular weight excluding hydrogens is 344 g/mol. The molecule has 0 atom stereocenters. The van der Waals surface area contributed by atoms with Crippen LogP contribution in [0.5, 0.6) is 0 Å². The third-order valence-corrected chi connectivity index (χ3v) is 4.78. The van der Waals surface area contributed by atoms with Gasteiger partial charge in [-0.3, -0.25) is 4.57 Å². The second-order valence-electron chi connectivity index (χ2n) is 5.87. The molecule has 0 saturated heterocycles. The summed E-state index contributed by atoms with van der Waals surface area (Å²) in [5.41, 5.74) is 3.48. The Bertz CT molecular complexity index is 958. The summed E-state index contributed by atoms with van der Waals surface area (Å²) in [6, 6.07) is 12.4. The van der Waals surface area contributed by atoms with Crippen LogP contribution >= 0.6 is 11.3 Å². The second kappa shape index (κ2) is 7.45. The van der Waals surface area contributed by atoms with Gasteiger partial charge in [0.1, 0.15) is 12.1 Å². The van der Waals surface area contributed by atoms with Crippen molar-refractivity contribution < 1.29 is 0 Å². The van der Waals surface area contributed by atoms with Gasteiger partial charge in [-0.25, -0.2) is 9.97 Å². The van der Waals surface area contributed by atoms with Crippen molar-refractivity contribution in [3.05, 3.63) is 71.1 Å². The van der Waals surface area contributed by atoms with Crippen molar-refractivity contribution in [1.82, 2.24) is 24.7 Å². The van der Waals surface area contributed by atoms with Crippen LogP contribution in [0.4, 0.5) is 5.82 Å². The molecule has 4 rings (SSSR count). The minimum absolute atomic E-state index is 0.751. The van der Waals surface area contributed by atoms with Crippen LogP contribution in [0.2, 0.25) is 0 Å². The Morgan fingerprint density at radius 3 is 2.62 bits per heavy atom. The van der Waals surface area contributed by atoms with Crippen LogP contribution in [0.15, 0.2) is 60.5 Å². The summed E-state index contributed by atoms with van der Waals surface area (Å²) >= 11 is 1.68. The van der Waals surface area contributed by atoms with E-state index < -0.39 is 0 Å². The molecule has 0 unspecified atom stereocenters. The predicted octanol–water partition coefficient (Wildman–Crippen LogP) is 3.75. The monoisotopic (exact) mass is 362 g/mol. The predicted molar refractivity (Wildman–Crippen MR) is 104 cm³/mol. The molecule has 0 saturated carbocycles. The van der Waals surface area contributed by atoms with Crippen LogP contribution in [0.1, 0.15) is 10.6 Å². The number of nitrogens with zero attached hydrogens (tertiary/aromatic N) is 5. The van der Waals surface area contributed by atoms with Gasteiger partial charge < -0.3 is 5.32 Å². The van der Waals surface area contributed by atoms with E-state index in [2.05, 4.69) is 55.1 Å². The Kier molecular flexibility index (Phi) is 4.70. The van der Waals surface area contributed by atoms with Gasteiger partial charge in [-0.05, 0) is 31.0 Å². The number of anilines is 1. The fourth-order valence-electron chi connectivity index (χ4n) is 2.62. The minimum Gasteiger partial charge on any atom is -0.368 e. The first kappa shape index (κ1) is 16.4. The largest absolute Gasteiger partial charge is 0.368 e. The number of benzene rings is 1. The van der Waals surface area contributed by atoms with Gasteiger partial charge in [0.25, 0.3) is 0 Å². The van der Waals surface area contributed by atoms with E-state index in [1.807, 2.05) is 29.8 Å². The molecule has 0 spiro atoms. The molecule has 0 aliphatic rings. The van der Waals surface area contributed by atoms with E-state index >= 15 is 0 Å². The molecule has 130 valence electrons. The molecule has 4 aromatic rings. The molecule has 6 nitrogen and oxygen atoms in total. The van der Waals surface area contributed by atoms with Crippen molar-refractivity contribution in [3.63, 3.8) is 0 Å². The zero-order valence-electron chi connectivity index (χ0n) is 14.3. The highest BCUT2D eigenvalue weighted by atomic mass is 32.1.